The number of amides is 3. The van der Waals surface area contributed by atoms with Crippen LogP contribution in [0.1, 0.15) is 33.1 Å². The van der Waals surface area contributed by atoms with E-state index in [9.17, 15) is 14.4 Å². The van der Waals surface area contributed by atoms with Crippen molar-refractivity contribution in [2.45, 2.75) is 45.2 Å². The largest absolute Gasteiger partial charge is 0.384 e. The van der Waals surface area contributed by atoms with Gasteiger partial charge in [-0.15, -0.1) is 12.4 Å². The van der Waals surface area contributed by atoms with Gasteiger partial charge in [0.15, 0.2) is 0 Å². The minimum absolute atomic E-state index is 0. The summed E-state index contributed by atoms with van der Waals surface area (Å²) in [7, 11) is 1.57. The zero-order valence-corrected chi connectivity index (χ0v) is 14.7. The van der Waals surface area contributed by atoms with Gasteiger partial charge in [-0.2, -0.15) is 0 Å². The van der Waals surface area contributed by atoms with Crippen LogP contribution in [0.25, 0.3) is 0 Å². The summed E-state index contributed by atoms with van der Waals surface area (Å²) >= 11 is 0. The molecule has 0 aromatic carbocycles. The number of hydrogen-bond acceptors (Lipinski definition) is 5. The first-order valence-corrected chi connectivity index (χ1v) is 7.78. The van der Waals surface area contributed by atoms with Crippen LogP contribution < -0.4 is 10.6 Å². The molecule has 23 heavy (non-hydrogen) atoms. The molecule has 7 nitrogen and oxygen atoms in total. The summed E-state index contributed by atoms with van der Waals surface area (Å²) < 4.78 is 5.23. The molecule has 2 aliphatic rings. The van der Waals surface area contributed by atoms with Crippen LogP contribution in [0.4, 0.5) is 0 Å². The predicted molar refractivity (Wildman–Crippen MR) is 87.2 cm³/mol. The van der Waals surface area contributed by atoms with Crippen molar-refractivity contribution in [3.8, 4) is 0 Å². The second-order valence-corrected chi connectivity index (χ2v) is 6.39. The summed E-state index contributed by atoms with van der Waals surface area (Å²) in [6, 6.07) is -0.931. The molecule has 8 heteroatoms. The Balaban J connectivity index is 0.00000264. The molecular formula is C15H26ClN3O4. The predicted octanol–water partition coefficient (Wildman–Crippen LogP) is 0.0765. The van der Waals surface area contributed by atoms with Crippen molar-refractivity contribution in [1.82, 2.24) is 15.5 Å². The summed E-state index contributed by atoms with van der Waals surface area (Å²) in [5.41, 5.74) is -0.616. The van der Waals surface area contributed by atoms with Crippen molar-refractivity contribution >= 4 is 30.1 Å². The average Bonchev–Trinajstić information content (AvgIpc) is 2.74. The number of carbonyl (C=O) groups excluding carboxylic acids is 3. The Morgan fingerprint density at radius 2 is 2.00 bits per heavy atom. The van der Waals surface area contributed by atoms with Crippen LogP contribution in [0.15, 0.2) is 0 Å². The highest BCUT2D eigenvalue weighted by molar-refractivity contribution is 6.07. The van der Waals surface area contributed by atoms with Crippen LogP contribution >= 0.6 is 12.4 Å². The zero-order valence-electron chi connectivity index (χ0n) is 13.9. The molecule has 0 aromatic rings. The normalized spacial score (nSPS) is 23.8. The number of rotatable bonds is 5. The molecule has 2 fully saturated rings. The van der Waals surface area contributed by atoms with Gasteiger partial charge in [0.25, 0.3) is 5.91 Å². The van der Waals surface area contributed by atoms with Crippen LogP contribution in [0.5, 0.6) is 0 Å². The molecule has 2 saturated heterocycles. The summed E-state index contributed by atoms with van der Waals surface area (Å²) in [6.45, 7) is 5.39. The fraction of sp³-hybridized carbons (Fsp3) is 0.800. The van der Waals surface area contributed by atoms with Crippen LogP contribution in [-0.2, 0) is 19.1 Å². The summed E-state index contributed by atoms with van der Waals surface area (Å²) in [4.78, 5) is 38.1. The zero-order chi connectivity index (χ0) is 16.3. The maximum atomic E-state index is 12.7. The molecule has 0 aliphatic carbocycles. The van der Waals surface area contributed by atoms with E-state index >= 15 is 0 Å². The average molecular weight is 348 g/mol. The molecule has 2 rings (SSSR count). The Morgan fingerprint density at radius 3 is 2.48 bits per heavy atom. The van der Waals surface area contributed by atoms with Gasteiger partial charge in [0, 0.05) is 13.2 Å². The van der Waals surface area contributed by atoms with Crippen molar-refractivity contribution < 1.29 is 19.1 Å². The van der Waals surface area contributed by atoms with Crippen LogP contribution in [-0.4, -0.2) is 61.5 Å². The lowest BCUT2D eigenvalue weighted by Gasteiger charge is -2.36. The highest BCUT2D eigenvalue weighted by Gasteiger charge is 2.45. The van der Waals surface area contributed by atoms with E-state index in [1.807, 2.05) is 0 Å². The van der Waals surface area contributed by atoms with Crippen molar-refractivity contribution in [3.05, 3.63) is 0 Å². The molecule has 2 aliphatic heterocycles. The number of piperidine rings is 1. The third-order valence-corrected chi connectivity index (χ3v) is 4.47. The van der Waals surface area contributed by atoms with Crippen molar-refractivity contribution in [2.75, 3.05) is 26.8 Å². The smallest absolute Gasteiger partial charge is 0.252 e. The minimum Gasteiger partial charge on any atom is -0.384 e. The van der Waals surface area contributed by atoms with Crippen LogP contribution in [0.3, 0.4) is 0 Å². The minimum atomic E-state index is -0.744. The lowest BCUT2D eigenvalue weighted by atomic mass is 9.78. The molecular weight excluding hydrogens is 322 g/mol. The van der Waals surface area contributed by atoms with E-state index in [-0.39, 0.29) is 42.6 Å². The number of nitrogens with zero attached hydrogens (tertiary/aromatic N) is 1. The van der Waals surface area contributed by atoms with Crippen molar-refractivity contribution in [1.29, 1.82) is 0 Å². The first-order valence-electron chi connectivity index (χ1n) is 7.78. The van der Waals surface area contributed by atoms with Crippen molar-refractivity contribution in [3.63, 3.8) is 0 Å². The number of imide groups is 1. The Kier molecular flexibility index (Phi) is 6.98. The number of ether oxygens (including phenoxy) is 1. The molecule has 132 valence electrons. The molecule has 0 saturated carbocycles. The van der Waals surface area contributed by atoms with E-state index in [1.165, 1.54) is 4.90 Å². The second kappa shape index (κ2) is 8.08. The molecule has 0 radical (unpaired) electrons. The van der Waals surface area contributed by atoms with E-state index in [1.54, 1.807) is 21.0 Å². The third kappa shape index (κ3) is 4.02. The Labute approximate surface area is 142 Å². The van der Waals surface area contributed by atoms with Gasteiger partial charge in [-0.1, -0.05) is 0 Å². The van der Waals surface area contributed by atoms with Gasteiger partial charge in [-0.25, -0.2) is 0 Å². The standard InChI is InChI=1S/C15H25N3O4.ClH/c1-10(2)18-12(19)8-11(13(18)20)17-14(21)15(9-22-3)4-6-16-7-5-15;/h10-11,16H,4-9H2,1-3H3,(H,17,21);1H. The molecule has 0 spiro atoms. The van der Waals surface area contributed by atoms with Crippen LogP contribution in [0, 0.1) is 5.41 Å². The van der Waals surface area contributed by atoms with Gasteiger partial charge >= 0.3 is 0 Å². The van der Waals surface area contributed by atoms with Gasteiger partial charge in [-0.05, 0) is 39.8 Å². The third-order valence-electron chi connectivity index (χ3n) is 4.47. The number of methoxy groups -OCH3 is 1. The summed E-state index contributed by atoms with van der Waals surface area (Å²) in [6.07, 6.45) is 1.37. The quantitative estimate of drug-likeness (QED) is 0.687. The number of nitrogens with one attached hydrogen (secondary N) is 2. The van der Waals surface area contributed by atoms with E-state index in [2.05, 4.69) is 10.6 Å². The molecule has 2 heterocycles. The second-order valence-electron chi connectivity index (χ2n) is 6.39. The Morgan fingerprint density at radius 1 is 1.39 bits per heavy atom. The Bertz CT molecular complexity index is 458. The van der Waals surface area contributed by atoms with Gasteiger partial charge in [0.2, 0.25) is 11.8 Å². The van der Waals surface area contributed by atoms with Gasteiger partial charge in [0.1, 0.15) is 6.04 Å². The summed E-state index contributed by atoms with van der Waals surface area (Å²) in [5, 5.41) is 6.00. The number of hydrogen-bond donors (Lipinski definition) is 2. The van der Waals surface area contributed by atoms with Crippen molar-refractivity contribution in [2.24, 2.45) is 5.41 Å². The van der Waals surface area contributed by atoms with E-state index in [0.29, 0.717) is 19.4 Å². The number of carbonyl (C=O) groups is 3. The molecule has 0 bridgehead atoms. The molecule has 1 atom stereocenters. The lowest BCUT2D eigenvalue weighted by molar-refractivity contribution is -0.143. The first kappa shape index (κ1) is 19.9. The van der Waals surface area contributed by atoms with Gasteiger partial charge in [-0.3, -0.25) is 19.3 Å². The topological polar surface area (TPSA) is 87.7 Å². The Hall–Kier alpha value is -1.18. The van der Waals surface area contributed by atoms with E-state index in [0.717, 1.165) is 13.1 Å². The molecule has 2 N–H and O–H groups in total. The van der Waals surface area contributed by atoms with E-state index in [4.69, 9.17) is 4.74 Å². The van der Waals surface area contributed by atoms with E-state index < -0.39 is 11.5 Å². The van der Waals surface area contributed by atoms with Crippen LogP contribution in [0.2, 0.25) is 0 Å². The highest BCUT2D eigenvalue weighted by Crippen LogP contribution is 2.30. The number of likely N-dealkylation sites (tertiary alicyclic amines) is 1. The monoisotopic (exact) mass is 347 g/mol. The first-order chi connectivity index (χ1) is 10.4. The maximum Gasteiger partial charge on any atom is 0.252 e. The maximum absolute atomic E-state index is 12.7. The fourth-order valence-electron chi connectivity index (χ4n) is 3.24. The molecule has 0 aromatic heterocycles. The lowest BCUT2D eigenvalue weighted by Crippen LogP contribution is -2.54. The van der Waals surface area contributed by atoms with Gasteiger partial charge in [0.05, 0.1) is 18.4 Å². The fourth-order valence-corrected chi connectivity index (χ4v) is 3.24. The highest BCUT2D eigenvalue weighted by atomic mass is 35.5. The summed E-state index contributed by atoms with van der Waals surface area (Å²) in [5.74, 6) is -0.723. The molecule has 1 unspecified atom stereocenters. The SMILES string of the molecule is COCC1(C(=O)NC2CC(=O)N(C(C)C)C2=O)CCNCC1.Cl. The number of halogens is 1. The molecule has 3 amide bonds. The van der Waals surface area contributed by atoms with Gasteiger partial charge < -0.3 is 15.4 Å².